The monoisotopic (exact) mass is 329 g/mol. The van der Waals surface area contributed by atoms with Crippen LogP contribution in [0, 0.1) is 0 Å². The number of nitrogens with zero attached hydrogens (tertiary/aromatic N) is 2. The SMILES string of the molecule is CNc1ccn([C@H]2O[C@@H](CO)[C@H](O)[C@H]2SC(C)(C)C)c(=O)n1. The van der Waals surface area contributed by atoms with E-state index in [1.807, 2.05) is 20.8 Å². The van der Waals surface area contributed by atoms with Crippen LogP contribution in [0.15, 0.2) is 17.1 Å². The van der Waals surface area contributed by atoms with Gasteiger partial charge >= 0.3 is 5.69 Å². The quantitative estimate of drug-likeness (QED) is 0.737. The van der Waals surface area contributed by atoms with Gasteiger partial charge in [0.25, 0.3) is 0 Å². The van der Waals surface area contributed by atoms with Crippen molar-refractivity contribution >= 4 is 17.6 Å². The van der Waals surface area contributed by atoms with Crippen LogP contribution >= 0.6 is 11.8 Å². The Balaban J connectivity index is 2.36. The maximum atomic E-state index is 12.2. The second-order valence-electron chi connectivity index (χ2n) is 6.19. The summed E-state index contributed by atoms with van der Waals surface area (Å²) in [6.45, 7) is 5.78. The second kappa shape index (κ2) is 6.57. The Morgan fingerprint density at radius 1 is 1.50 bits per heavy atom. The van der Waals surface area contributed by atoms with Crippen molar-refractivity contribution in [3.63, 3.8) is 0 Å². The standard InChI is InChI=1S/C14H23N3O4S/c1-14(2,3)22-11-10(19)8(7-18)21-12(11)17-6-5-9(15-4)16-13(17)20/h5-6,8,10-12,18-19H,7H2,1-4H3,(H,15,16,20)/t8-,10-,11+,12-/m0/s1. The van der Waals surface area contributed by atoms with E-state index in [2.05, 4.69) is 10.3 Å². The Hall–Kier alpha value is -1.09. The smallest absolute Gasteiger partial charge is 0.351 e. The molecule has 2 heterocycles. The maximum absolute atomic E-state index is 12.2. The number of ether oxygens (including phenoxy) is 1. The topological polar surface area (TPSA) is 96.6 Å². The van der Waals surface area contributed by atoms with Crippen molar-refractivity contribution in [2.24, 2.45) is 0 Å². The fraction of sp³-hybridized carbons (Fsp3) is 0.714. The zero-order valence-corrected chi connectivity index (χ0v) is 14.0. The summed E-state index contributed by atoms with van der Waals surface area (Å²) in [7, 11) is 1.68. The Morgan fingerprint density at radius 2 is 2.18 bits per heavy atom. The lowest BCUT2D eigenvalue weighted by Gasteiger charge is -2.28. The van der Waals surface area contributed by atoms with Crippen molar-refractivity contribution in [1.82, 2.24) is 9.55 Å². The van der Waals surface area contributed by atoms with Gasteiger partial charge in [-0.2, -0.15) is 4.98 Å². The number of rotatable bonds is 4. The van der Waals surface area contributed by atoms with Crippen LogP contribution < -0.4 is 11.0 Å². The molecule has 1 saturated heterocycles. The van der Waals surface area contributed by atoms with Gasteiger partial charge in [-0.05, 0) is 6.07 Å². The number of hydrogen-bond acceptors (Lipinski definition) is 7. The summed E-state index contributed by atoms with van der Waals surface area (Å²) in [5.41, 5.74) is -0.456. The molecule has 8 heteroatoms. The Bertz CT molecular complexity index is 572. The Kier molecular flexibility index (Phi) is 5.16. The fourth-order valence-corrected chi connectivity index (χ4v) is 3.82. The van der Waals surface area contributed by atoms with Crippen LogP contribution in [0.25, 0.3) is 0 Å². The molecule has 1 aliphatic rings. The minimum Gasteiger partial charge on any atom is -0.394 e. The van der Waals surface area contributed by atoms with E-state index >= 15 is 0 Å². The van der Waals surface area contributed by atoms with Gasteiger partial charge in [0.2, 0.25) is 0 Å². The number of anilines is 1. The lowest BCUT2D eigenvalue weighted by molar-refractivity contribution is -0.0456. The van der Waals surface area contributed by atoms with Gasteiger partial charge in [0.1, 0.15) is 11.9 Å². The summed E-state index contributed by atoms with van der Waals surface area (Å²) in [6.07, 6.45) is -0.632. The van der Waals surface area contributed by atoms with E-state index < -0.39 is 24.1 Å². The first kappa shape index (κ1) is 17.3. The summed E-state index contributed by atoms with van der Waals surface area (Å²) in [6, 6.07) is 1.67. The molecule has 7 nitrogen and oxygen atoms in total. The molecule has 1 aromatic rings. The first-order chi connectivity index (χ1) is 10.3. The van der Waals surface area contributed by atoms with Crippen LogP contribution in [0.4, 0.5) is 5.82 Å². The zero-order chi connectivity index (χ0) is 16.5. The van der Waals surface area contributed by atoms with Gasteiger partial charge in [0.15, 0.2) is 6.23 Å². The zero-order valence-electron chi connectivity index (χ0n) is 13.2. The summed E-state index contributed by atoms with van der Waals surface area (Å²) in [5.74, 6) is 0.471. The minimum atomic E-state index is -0.852. The highest BCUT2D eigenvalue weighted by Crippen LogP contribution is 2.42. The highest BCUT2D eigenvalue weighted by molar-refractivity contribution is 8.01. The largest absolute Gasteiger partial charge is 0.394 e. The number of thioether (sulfide) groups is 1. The highest BCUT2D eigenvalue weighted by atomic mass is 32.2. The molecule has 3 N–H and O–H groups in total. The second-order valence-corrected chi connectivity index (χ2v) is 8.19. The van der Waals surface area contributed by atoms with Crippen molar-refractivity contribution in [1.29, 1.82) is 0 Å². The van der Waals surface area contributed by atoms with Crippen LogP contribution in [-0.4, -0.2) is 55.6 Å². The molecule has 0 radical (unpaired) electrons. The molecule has 1 aromatic heterocycles. The van der Waals surface area contributed by atoms with Crippen molar-refractivity contribution in [2.75, 3.05) is 19.0 Å². The van der Waals surface area contributed by atoms with Crippen molar-refractivity contribution in [3.8, 4) is 0 Å². The van der Waals surface area contributed by atoms with Gasteiger partial charge in [-0.1, -0.05) is 20.8 Å². The molecule has 124 valence electrons. The van der Waals surface area contributed by atoms with Gasteiger partial charge in [0.05, 0.1) is 18.0 Å². The normalized spacial score (nSPS) is 28.8. The molecule has 4 atom stereocenters. The molecule has 2 rings (SSSR count). The lowest BCUT2D eigenvalue weighted by Crippen LogP contribution is -2.36. The van der Waals surface area contributed by atoms with Crippen LogP contribution in [-0.2, 0) is 4.74 Å². The number of aliphatic hydroxyl groups is 2. The molecule has 0 saturated carbocycles. The molecule has 0 aromatic carbocycles. The van der Waals surface area contributed by atoms with Crippen molar-refractivity contribution in [2.45, 2.75) is 49.2 Å². The van der Waals surface area contributed by atoms with E-state index in [-0.39, 0.29) is 16.6 Å². The average molecular weight is 329 g/mol. The summed E-state index contributed by atoms with van der Waals surface area (Å²) < 4.78 is 6.94. The van der Waals surface area contributed by atoms with E-state index in [1.165, 1.54) is 16.3 Å². The van der Waals surface area contributed by atoms with Gasteiger partial charge < -0.3 is 20.3 Å². The van der Waals surface area contributed by atoms with E-state index in [0.29, 0.717) is 5.82 Å². The molecule has 22 heavy (non-hydrogen) atoms. The predicted octanol–water partition coefficient (Wildman–Crippen LogP) is 0.436. The highest BCUT2D eigenvalue weighted by Gasteiger charge is 2.46. The number of aromatic nitrogens is 2. The summed E-state index contributed by atoms with van der Waals surface area (Å²) >= 11 is 1.52. The first-order valence-corrected chi connectivity index (χ1v) is 8.04. The minimum absolute atomic E-state index is 0.125. The third kappa shape index (κ3) is 3.62. The van der Waals surface area contributed by atoms with Crippen LogP contribution in [0.1, 0.15) is 27.0 Å². The van der Waals surface area contributed by atoms with E-state index in [4.69, 9.17) is 4.74 Å². The predicted molar refractivity (Wildman–Crippen MR) is 86.2 cm³/mol. The maximum Gasteiger partial charge on any atom is 0.351 e. The van der Waals surface area contributed by atoms with E-state index in [9.17, 15) is 15.0 Å². The molecular formula is C14H23N3O4S. The van der Waals surface area contributed by atoms with Gasteiger partial charge in [-0.3, -0.25) is 4.57 Å². The van der Waals surface area contributed by atoms with E-state index in [0.717, 1.165) is 0 Å². The van der Waals surface area contributed by atoms with Crippen molar-refractivity contribution in [3.05, 3.63) is 22.7 Å². The third-order valence-electron chi connectivity index (χ3n) is 3.34. The van der Waals surface area contributed by atoms with Gasteiger partial charge in [0, 0.05) is 18.0 Å². The summed E-state index contributed by atoms with van der Waals surface area (Å²) in [5, 5.41) is 22.2. The number of hydrogen-bond donors (Lipinski definition) is 3. The van der Waals surface area contributed by atoms with Gasteiger partial charge in [-0.25, -0.2) is 4.79 Å². The van der Waals surface area contributed by atoms with E-state index in [1.54, 1.807) is 19.3 Å². The average Bonchev–Trinajstić information content (AvgIpc) is 2.74. The molecule has 0 bridgehead atoms. The molecule has 0 unspecified atom stereocenters. The third-order valence-corrected chi connectivity index (χ3v) is 4.83. The lowest BCUT2D eigenvalue weighted by atomic mass is 10.2. The molecule has 0 aliphatic carbocycles. The van der Waals surface area contributed by atoms with Crippen LogP contribution in [0.3, 0.4) is 0 Å². The van der Waals surface area contributed by atoms with Crippen LogP contribution in [0.5, 0.6) is 0 Å². The first-order valence-electron chi connectivity index (χ1n) is 7.16. The Labute approximate surface area is 133 Å². The molecule has 0 spiro atoms. The molecule has 1 aliphatic heterocycles. The molecule has 0 amide bonds. The molecular weight excluding hydrogens is 306 g/mol. The van der Waals surface area contributed by atoms with Crippen LogP contribution in [0.2, 0.25) is 0 Å². The molecule has 1 fully saturated rings. The fourth-order valence-electron chi connectivity index (χ4n) is 2.37. The number of aliphatic hydroxyl groups excluding tert-OH is 2. The van der Waals surface area contributed by atoms with Crippen molar-refractivity contribution < 1.29 is 14.9 Å². The Morgan fingerprint density at radius 3 is 2.68 bits per heavy atom. The summed E-state index contributed by atoms with van der Waals surface area (Å²) in [4.78, 5) is 16.1. The number of nitrogens with one attached hydrogen (secondary N) is 1. The van der Waals surface area contributed by atoms with Gasteiger partial charge in [-0.15, -0.1) is 11.8 Å².